The summed E-state index contributed by atoms with van der Waals surface area (Å²) < 4.78 is 0. The van der Waals surface area contributed by atoms with E-state index in [0.29, 0.717) is 12.0 Å². The Kier molecular flexibility index (Phi) is 7.19. The van der Waals surface area contributed by atoms with E-state index in [1.54, 1.807) is 6.92 Å². The third kappa shape index (κ3) is 4.26. The van der Waals surface area contributed by atoms with E-state index in [1.807, 2.05) is 0 Å². The summed E-state index contributed by atoms with van der Waals surface area (Å²) in [6.45, 7) is 8.52. The Labute approximate surface area is 64.4 Å². The Hall–Kier alpha value is 0.0983. The maximum atomic E-state index is 10.3. The van der Waals surface area contributed by atoms with Gasteiger partial charge in [0.25, 0.3) is 0 Å². The Morgan fingerprint density at radius 2 is 2.00 bits per heavy atom. The topological polar surface area (TPSA) is 17.1 Å². The van der Waals surface area contributed by atoms with Crippen LogP contribution in [0.4, 0.5) is 0 Å². The molecule has 0 atom stereocenters. The van der Waals surface area contributed by atoms with Crippen LogP contribution in [0.15, 0.2) is 12.2 Å². The van der Waals surface area contributed by atoms with Crippen molar-refractivity contribution in [1.29, 1.82) is 0 Å². The van der Waals surface area contributed by atoms with E-state index in [4.69, 9.17) is 0 Å². The molecule has 0 bridgehead atoms. The number of hydrogen-bond acceptors (Lipinski definition) is 1. The van der Waals surface area contributed by atoms with Gasteiger partial charge < -0.3 is 0 Å². The summed E-state index contributed by atoms with van der Waals surface area (Å²) in [6, 6.07) is 0. The van der Waals surface area contributed by atoms with Crippen LogP contribution < -0.4 is 0 Å². The molecule has 8 heavy (non-hydrogen) atoms. The van der Waals surface area contributed by atoms with Gasteiger partial charge in [0.1, 0.15) is 0 Å². The molecule has 0 aromatic heterocycles. The van der Waals surface area contributed by atoms with Gasteiger partial charge in [0, 0.05) is 27.5 Å². The van der Waals surface area contributed by atoms with Crippen LogP contribution >= 0.6 is 0 Å². The SMILES string of the molecule is [CH2]CC(=O)C(=C)C.[Pt]. The number of allylic oxidation sites excluding steroid dienone is 1. The standard InChI is InChI=1S/C6H9O.Pt/c1-4-6(7)5(2)3;/h1-2,4H2,3H3;. The van der Waals surface area contributed by atoms with E-state index in [9.17, 15) is 4.79 Å². The number of carbonyl (C=O) groups is 1. The third-order valence-electron chi connectivity index (χ3n) is 0.703. The largest absolute Gasteiger partial charge is 0.295 e. The molecule has 0 aliphatic carbocycles. The van der Waals surface area contributed by atoms with Crippen molar-refractivity contribution >= 4 is 5.78 Å². The summed E-state index contributed by atoms with van der Waals surface area (Å²) in [5, 5.41) is 0. The molecule has 0 unspecified atom stereocenters. The van der Waals surface area contributed by atoms with E-state index in [0.717, 1.165) is 0 Å². The van der Waals surface area contributed by atoms with Gasteiger partial charge in [-0.15, -0.1) is 0 Å². The predicted molar refractivity (Wildman–Crippen MR) is 29.8 cm³/mol. The van der Waals surface area contributed by atoms with Crippen LogP contribution in [0.5, 0.6) is 0 Å². The number of rotatable bonds is 2. The van der Waals surface area contributed by atoms with Gasteiger partial charge in [0.2, 0.25) is 0 Å². The first-order chi connectivity index (χ1) is 3.18. The van der Waals surface area contributed by atoms with Crippen molar-refractivity contribution in [2.24, 2.45) is 0 Å². The second kappa shape index (κ2) is 5.24. The molecule has 2 heteroatoms. The minimum absolute atomic E-state index is 0. The van der Waals surface area contributed by atoms with Gasteiger partial charge in [-0.3, -0.25) is 4.79 Å². The fraction of sp³-hybridized carbons (Fsp3) is 0.333. The Bertz CT molecular complexity index is 96.7. The monoisotopic (exact) mass is 292 g/mol. The quantitative estimate of drug-likeness (QED) is 0.702. The first kappa shape index (κ1) is 11.0. The molecule has 0 aromatic rings. The number of hydrogen-bond donors (Lipinski definition) is 0. The zero-order valence-electron chi connectivity index (χ0n) is 4.85. The summed E-state index contributed by atoms with van der Waals surface area (Å²) in [5.41, 5.74) is 0.593. The molecule has 0 aliphatic rings. The van der Waals surface area contributed by atoms with Crippen LogP contribution in [0.3, 0.4) is 0 Å². The van der Waals surface area contributed by atoms with Gasteiger partial charge >= 0.3 is 0 Å². The van der Waals surface area contributed by atoms with Crippen molar-refractivity contribution < 1.29 is 25.9 Å². The van der Waals surface area contributed by atoms with E-state index in [1.165, 1.54) is 0 Å². The molecular formula is C6H9OPt. The van der Waals surface area contributed by atoms with Crippen LogP contribution in [-0.2, 0) is 25.9 Å². The minimum atomic E-state index is 0. The van der Waals surface area contributed by atoms with E-state index < -0.39 is 0 Å². The van der Waals surface area contributed by atoms with Crippen LogP contribution in [0, 0.1) is 6.92 Å². The average Bonchev–Trinajstić information content (AvgIpc) is 1.65. The van der Waals surface area contributed by atoms with Crippen molar-refractivity contribution in [2.45, 2.75) is 13.3 Å². The summed E-state index contributed by atoms with van der Waals surface area (Å²) in [5.74, 6) is 0.0417. The zero-order valence-corrected chi connectivity index (χ0v) is 7.12. The summed E-state index contributed by atoms with van der Waals surface area (Å²) >= 11 is 0. The normalized spacial score (nSPS) is 7.25. The van der Waals surface area contributed by atoms with Gasteiger partial charge in [-0.1, -0.05) is 6.58 Å². The van der Waals surface area contributed by atoms with Crippen LogP contribution in [0.1, 0.15) is 13.3 Å². The molecular weight excluding hydrogens is 283 g/mol. The third-order valence-corrected chi connectivity index (χ3v) is 0.703. The van der Waals surface area contributed by atoms with Gasteiger partial charge in [-0.25, -0.2) is 0 Å². The Morgan fingerprint density at radius 3 is 2.00 bits per heavy atom. The summed E-state index contributed by atoms with van der Waals surface area (Å²) in [6.07, 6.45) is 0.329. The van der Waals surface area contributed by atoms with Crippen LogP contribution in [-0.4, -0.2) is 5.78 Å². The molecule has 0 heterocycles. The Morgan fingerprint density at radius 1 is 1.62 bits per heavy atom. The van der Waals surface area contributed by atoms with Crippen LogP contribution in [0.25, 0.3) is 0 Å². The molecule has 1 radical (unpaired) electrons. The molecule has 0 rings (SSSR count). The van der Waals surface area contributed by atoms with Gasteiger partial charge in [-0.05, 0) is 19.4 Å². The van der Waals surface area contributed by atoms with Crippen molar-refractivity contribution in [2.75, 3.05) is 0 Å². The van der Waals surface area contributed by atoms with Crippen LogP contribution in [0.2, 0.25) is 0 Å². The van der Waals surface area contributed by atoms with Gasteiger partial charge in [0.05, 0.1) is 0 Å². The molecule has 0 aliphatic heterocycles. The van der Waals surface area contributed by atoms with Gasteiger partial charge in [-0.2, -0.15) is 0 Å². The second-order valence-corrected chi connectivity index (χ2v) is 1.45. The average molecular weight is 292 g/mol. The number of ketones is 1. The smallest absolute Gasteiger partial charge is 0.157 e. The molecule has 0 aromatic carbocycles. The molecule has 0 amide bonds. The second-order valence-electron chi connectivity index (χ2n) is 1.45. The first-order valence-electron chi connectivity index (χ1n) is 2.16. The molecule has 0 N–H and O–H groups in total. The maximum Gasteiger partial charge on any atom is 0.157 e. The Balaban J connectivity index is 0. The fourth-order valence-corrected chi connectivity index (χ4v) is 0.213. The number of carbonyl (C=O) groups excluding carboxylic acids is 1. The molecule has 0 saturated carbocycles. The minimum Gasteiger partial charge on any atom is -0.295 e. The summed E-state index contributed by atoms with van der Waals surface area (Å²) in [7, 11) is 0. The summed E-state index contributed by atoms with van der Waals surface area (Å²) in [4.78, 5) is 10.3. The fourth-order valence-electron chi connectivity index (χ4n) is 0.213. The van der Waals surface area contributed by atoms with Gasteiger partial charge in [0.15, 0.2) is 5.78 Å². The maximum absolute atomic E-state index is 10.3. The molecule has 0 spiro atoms. The van der Waals surface area contributed by atoms with Crippen molar-refractivity contribution in [3.05, 3.63) is 19.1 Å². The zero-order chi connectivity index (χ0) is 5.86. The molecule has 49 valence electrons. The predicted octanol–water partition coefficient (Wildman–Crippen LogP) is 1.35. The van der Waals surface area contributed by atoms with Crippen molar-refractivity contribution in [1.82, 2.24) is 0 Å². The molecule has 0 fully saturated rings. The van der Waals surface area contributed by atoms with E-state index in [2.05, 4.69) is 13.5 Å². The first-order valence-corrected chi connectivity index (χ1v) is 2.16. The van der Waals surface area contributed by atoms with Crippen molar-refractivity contribution in [3.63, 3.8) is 0 Å². The molecule has 0 saturated heterocycles. The van der Waals surface area contributed by atoms with Crippen molar-refractivity contribution in [3.8, 4) is 0 Å². The van der Waals surface area contributed by atoms with E-state index >= 15 is 0 Å². The molecule has 1 nitrogen and oxygen atoms in total. The van der Waals surface area contributed by atoms with E-state index in [-0.39, 0.29) is 26.8 Å². The number of Topliss-reactive ketones (excluding diaryl/α,β-unsaturated/α-hetero) is 1.